The summed E-state index contributed by atoms with van der Waals surface area (Å²) in [4.78, 5) is 27.0. The summed E-state index contributed by atoms with van der Waals surface area (Å²) in [5.74, 6) is -0.0857. The van der Waals surface area contributed by atoms with Crippen molar-refractivity contribution in [2.24, 2.45) is 0 Å². The maximum absolute atomic E-state index is 12.9. The van der Waals surface area contributed by atoms with Crippen LogP contribution >= 0.6 is 11.3 Å². The number of carbonyl (C=O) groups excluding carboxylic acids is 1. The Bertz CT molecular complexity index is 1130. The van der Waals surface area contributed by atoms with E-state index in [2.05, 4.69) is 14.9 Å². The van der Waals surface area contributed by atoms with Crippen LogP contribution in [0.5, 0.6) is 0 Å². The van der Waals surface area contributed by atoms with Crippen LogP contribution in [0.15, 0.2) is 47.5 Å². The molecule has 10 heteroatoms. The Morgan fingerprint density at radius 1 is 1.06 bits per heavy atom. The SMILES string of the molecule is CCN(CC)S(=O)(=O)c1ccc(C(=O)N2CCN(c3nc4cccnc4s3)CC2)cc1. The highest BCUT2D eigenvalue weighted by Gasteiger charge is 2.25. The normalized spacial score (nSPS) is 15.1. The molecule has 0 bridgehead atoms. The molecule has 2 aromatic heterocycles. The lowest BCUT2D eigenvalue weighted by Gasteiger charge is -2.34. The minimum absolute atomic E-state index is 0.0857. The van der Waals surface area contributed by atoms with E-state index in [1.807, 2.05) is 26.0 Å². The van der Waals surface area contributed by atoms with Crippen molar-refractivity contribution in [2.45, 2.75) is 18.7 Å². The summed E-state index contributed by atoms with van der Waals surface area (Å²) >= 11 is 1.56. The minimum atomic E-state index is -3.53. The second-order valence-electron chi connectivity index (χ2n) is 7.22. The Morgan fingerprint density at radius 2 is 1.74 bits per heavy atom. The first-order valence-electron chi connectivity index (χ1n) is 10.3. The minimum Gasteiger partial charge on any atom is -0.344 e. The van der Waals surface area contributed by atoms with E-state index in [4.69, 9.17) is 0 Å². The van der Waals surface area contributed by atoms with Gasteiger partial charge in [-0.2, -0.15) is 4.31 Å². The zero-order valence-corrected chi connectivity index (χ0v) is 19.2. The van der Waals surface area contributed by atoms with E-state index in [1.54, 1.807) is 34.6 Å². The van der Waals surface area contributed by atoms with E-state index < -0.39 is 10.0 Å². The van der Waals surface area contributed by atoms with Crippen LogP contribution in [-0.4, -0.2) is 72.8 Å². The first-order valence-corrected chi connectivity index (χ1v) is 12.6. The highest BCUT2D eigenvalue weighted by molar-refractivity contribution is 7.89. The quantitative estimate of drug-likeness (QED) is 0.563. The molecule has 1 aromatic carbocycles. The van der Waals surface area contributed by atoms with Gasteiger partial charge >= 0.3 is 0 Å². The number of amides is 1. The molecule has 1 amide bonds. The number of rotatable bonds is 6. The van der Waals surface area contributed by atoms with Crippen molar-refractivity contribution in [3.63, 3.8) is 0 Å². The molecule has 0 aliphatic carbocycles. The molecular formula is C21H25N5O3S2. The second-order valence-corrected chi connectivity index (χ2v) is 10.1. The predicted octanol–water partition coefficient (Wildman–Crippen LogP) is 2.68. The molecule has 3 aromatic rings. The molecule has 0 unspecified atom stereocenters. The smallest absolute Gasteiger partial charge is 0.253 e. The molecule has 0 spiro atoms. The summed E-state index contributed by atoms with van der Waals surface area (Å²) in [6, 6.07) is 10.1. The van der Waals surface area contributed by atoms with Crippen LogP contribution in [0.1, 0.15) is 24.2 Å². The van der Waals surface area contributed by atoms with E-state index in [0.29, 0.717) is 44.8 Å². The first-order chi connectivity index (χ1) is 14.9. The number of hydrogen-bond donors (Lipinski definition) is 0. The van der Waals surface area contributed by atoms with Crippen molar-refractivity contribution in [2.75, 3.05) is 44.2 Å². The molecule has 8 nitrogen and oxygen atoms in total. The molecule has 0 atom stereocenters. The number of thiazole rings is 1. The summed E-state index contributed by atoms with van der Waals surface area (Å²) in [6.45, 7) is 7.00. The first kappa shape index (κ1) is 21.7. The number of pyridine rings is 1. The van der Waals surface area contributed by atoms with Gasteiger partial charge < -0.3 is 9.80 Å². The van der Waals surface area contributed by atoms with E-state index in [-0.39, 0.29) is 10.8 Å². The van der Waals surface area contributed by atoms with Crippen LogP contribution < -0.4 is 4.90 Å². The number of nitrogens with zero attached hydrogens (tertiary/aromatic N) is 5. The third-order valence-electron chi connectivity index (χ3n) is 5.44. The molecular weight excluding hydrogens is 434 g/mol. The molecule has 0 radical (unpaired) electrons. The van der Waals surface area contributed by atoms with Gasteiger partial charge in [-0.1, -0.05) is 25.2 Å². The zero-order valence-electron chi connectivity index (χ0n) is 17.6. The van der Waals surface area contributed by atoms with Gasteiger partial charge in [-0.25, -0.2) is 18.4 Å². The van der Waals surface area contributed by atoms with Crippen LogP contribution in [0, 0.1) is 0 Å². The lowest BCUT2D eigenvalue weighted by molar-refractivity contribution is 0.0746. The van der Waals surface area contributed by atoms with Gasteiger partial charge in [0.1, 0.15) is 10.3 Å². The Morgan fingerprint density at radius 3 is 2.35 bits per heavy atom. The van der Waals surface area contributed by atoms with Gasteiger partial charge in [0.15, 0.2) is 5.13 Å². The number of piperazine rings is 1. The van der Waals surface area contributed by atoms with Gasteiger partial charge in [-0.05, 0) is 36.4 Å². The largest absolute Gasteiger partial charge is 0.344 e. The maximum Gasteiger partial charge on any atom is 0.253 e. The summed E-state index contributed by atoms with van der Waals surface area (Å²) < 4.78 is 26.7. The van der Waals surface area contributed by atoms with Crippen molar-refractivity contribution >= 4 is 42.7 Å². The summed E-state index contributed by atoms with van der Waals surface area (Å²) in [7, 11) is -3.53. The van der Waals surface area contributed by atoms with Crippen molar-refractivity contribution in [3.05, 3.63) is 48.2 Å². The van der Waals surface area contributed by atoms with Crippen molar-refractivity contribution < 1.29 is 13.2 Å². The van der Waals surface area contributed by atoms with E-state index >= 15 is 0 Å². The van der Waals surface area contributed by atoms with Crippen LogP contribution in [0.3, 0.4) is 0 Å². The van der Waals surface area contributed by atoms with E-state index in [1.165, 1.54) is 16.4 Å². The molecule has 1 aliphatic rings. The fraction of sp³-hybridized carbons (Fsp3) is 0.381. The highest BCUT2D eigenvalue weighted by Crippen LogP contribution is 2.28. The number of fused-ring (bicyclic) bond motifs is 1. The lowest BCUT2D eigenvalue weighted by Crippen LogP contribution is -2.48. The Kier molecular flexibility index (Phi) is 6.22. The number of anilines is 1. The van der Waals surface area contributed by atoms with Crippen molar-refractivity contribution in [1.82, 2.24) is 19.2 Å². The lowest BCUT2D eigenvalue weighted by atomic mass is 10.2. The van der Waals surface area contributed by atoms with Gasteiger partial charge in [-0.15, -0.1) is 0 Å². The van der Waals surface area contributed by atoms with Crippen molar-refractivity contribution in [3.8, 4) is 0 Å². The molecule has 3 heterocycles. The number of aromatic nitrogens is 2. The molecule has 1 fully saturated rings. The predicted molar refractivity (Wildman–Crippen MR) is 122 cm³/mol. The molecule has 4 rings (SSSR count). The average molecular weight is 460 g/mol. The second kappa shape index (κ2) is 8.89. The van der Waals surface area contributed by atoms with Crippen molar-refractivity contribution in [1.29, 1.82) is 0 Å². The summed E-state index contributed by atoms with van der Waals surface area (Å²) in [5.41, 5.74) is 1.39. The standard InChI is InChI=1S/C21H25N5O3S2/c1-3-26(4-2)31(28,29)17-9-7-16(8-10-17)20(27)24-12-14-25(15-13-24)21-23-18-6-5-11-22-19(18)30-21/h5-11H,3-4,12-15H2,1-2H3. The molecule has 1 aliphatic heterocycles. The zero-order chi connectivity index (χ0) is 22.0. The maximum atomic E-state index is 12.9. The average Bonchev–Trinajstić information content (AvgIpc) is 3.24. The van der Waals surface area contributed by atoms with Gasteiger partial charge in [0.05, 0.1) is 4.90 Å². The topological polar surface area (TPSA) is 86.7 Å². The third-order valence-corrected chi connectivity index (χ3v) is 8.54. The Hall–Kier alpha value is -2.56. The van der Waals surface area contributed by atoms with Gasteiger partial charge in [0.2, 0.25) is 10.0 Å². The number of benzene rings is 1. The molecule has 31 heavy (non-hydrogen) atoms. The molecule has 164 valence electrons. The van der Waals surface area contributed by atoms with Crippen LogP contribution in [-0.2, 0) is 10.0 Å². The monoisotopic (exact) mass is 459 g/mol. The van der Waals surface area contributed by atoms with Gasteiger partial charge in [0, 0.05) is 51.0 Å². The highest BCUT2D eigenvalue weighted by atomic mass is 32.2. The van der Waals surface area contributed by atoms with E-state index in [0.717, 1.165) is 15.5 Å². The number of sulfonamides is 1. The molecule has 0 saturated carbocycles. The fourth-order valence-electron chi connectivity index (χ4n) is 3.66. The Labute approximate surface area is 186 Å². The van der Waals surface area contributed by atoms with Crippen LogP contribution in [0.2, 0.25) is 0 Å². The number of hydrogen-bond acceptors (Lipinski definition) is 7. The fourth-order valence-corrected chi connectivity index (χ4v) is 6.08. The van der Waals surface area contributed by atoms with Gasteiger partial charge in [0.25, 0.3) is 5.91 Å². The van der Waals surface area contributed by atoms with Crippen LogP contribution in [0.4, 0.5) is 5.13 Å². The summed E-state index contributed by atoms with van der Waals surface area (Å²) in [6.07, 6.45) is 1.76. The number of carbonyl (C=O) groups is 1. The molecule has 0 N–H and O–H groups in total. The Balaban J connectivity index is 1.41. The summed E-state index contributed by atoms with van der Waals surface area (Å²) in [5, 5.41) is 0.923. The van der Waals surface area contributed by atoms with Gasteiger partial charge in [-0.3, -0.25) is 4.79 Å². The molecule has 1 saturated heterocycles. The van der Waals surface area contributed by atoms with Crippen LogP contribution in [0.25, 0.3) is 10.3 Å². The third kappa shape index (κ3) is 4.28. The van der Waals surface area contributed by atoms with E-state index in [9.17, 15) is 13.2 Å².